The number of carbonyl (C=O) groups excluding carboxylic acids is 1. The van der Waals surface area contributed by atoms with Gasteiger partial charge in [0.25, 0.3) is 0 Å². The first-order chi connectivity index (χ1) is 9.01. The molecule has 0 aliphatic rings. The molecular weight excluding hydrogens is 258 g/mol. The zero-order valence-corrected chi connectivity index (χ0v) is 12.3. The van der Waals surface area contributed by atoms with E-state index in [4.69, 9.17) is 5.73 Å². The van der Waals surface area contributed by atoms with Crippen molar-refractivity contribution in [2.24, 2.45) is 11.7 Å². The second-order valence-corrected chi connectivity index (χ2v) is 6.05. The van der Waals surface area contributed by atoms with Gasteiger partial charge in [0, 0.05) is 5.69 Å². The summed E-state index contributed by atoms with van der Waals surface area (Å²) in [5, 5.41) is 3.90. The predicted octanol–water partition coefficient (Wildman–Crippen LogP) is 2.92. The van der Waals surface area contributed by atoms with Gasteiger partial charge < -0.3 is 11.1 Å². The molecule has 1 amide bonds. The van der Waals surface area contributed by atoms with E-state index < -0.39 is 6.04 Å². The van der Waals surface area contributed by atoms with Crippen molar-refractivity contribution in [3.05, 3.63) is 23.2 Å². The third-order valence-corrected chi connectivity index (χ3v) is 4.26. The summed E-state index contributed by atoms with van der Waals surface area (Å²) in [5.74, 6) is 0.0457. The molecular formula is C14H19N3OS. The van der Waals surface area contributed by atoms with Crippen LogP contribution in [0.3, 0.4) is 0 Å². The van der Waals surface area contributed by atoms with Crippen molar-refractivity contribution in [2.75, 3.05) is 5.32 Å². The lowest BCUT2D eigenvalue weighted by molar-refractivity contribution is -0.118. The number of benzene rings is 1. The number of carbonyl (C=O) groups is 1. The topological polar surface area (TPSA) is 68.0 Å². The van der Waals surface area contributed by atoms with Crippen molar-refractivity contribution in [1.29, 1.82) is 0 Å². The fourth-order valence-corrected chi connectivity index (χ4v) is 2.72. The molecule has 1 aromatic carbocycles. The summed E-state index contributed by atoms with van der Waals surface area (Å²) in [6.45, 7) is 5.99. The number of aryl methyl sites for hydroxylation is 1. The molecule has 0 fully saturated rings. The molecule has 0 bridgehead atoms. The highest BCUT2D eigenvalue weighted by atomic mass is 32.1. The smallest absolute Gasteiger partial charge is 0.241 e. The number of hydrogen-bond donors (Lipinski definition) is 2. The van der Waals surface area contributed by atoms with Gasteiger partial charge in [-0.05, 0) is 31.0 Å². The quantitative estimate of drug-likeness (QED) is 0.903. The first-order valence-corrected chi connectivity index (χ1v) is 7.26. The summed E-state index contributed by atoms with van der Waals surface area (Å²) in [7, 11) is 0. The molecule has 5 heteroatoms. The Labute approximate surface area is 117 Å². The number of nitrogens with two attached hydrogens (primary N) is 1. The van der Waals surface area contributed by atoms with Crippen molar-refractivity contribution >= 4 is 33.1 Å². The normalized spacial score (nSPS) is 14.3. The van der Waals surface area contributed by atoms with E-state index in [9.17, 15) is 4.79 Å². The molecule has 0 aliphatic carbocycles. The summed E-state index contributed by atoms with van der Waals surface area (Å²) < 4.78 is 1.08. The van der Waals surface area contributed by atoms with Crippen molar-refractivity contribution in [3.8, 4) is 0 Å². The number of nitrogens with zero attached hydrogens (tertiary/aromatic N) is 1. The molecule has 2 unspecified atom stereocenters. The molecule has 0 saturated heterocycles. The van der Waals surface area contributed by atoms with Crippen LogP contribution < -0.4 is 11.1 Å². The molecule has 0 aliphatic heterocycles. The van der Waals surface area contributed by atoms with Gasteiger partial charge in [-0.15, -0.1) is 11.3 Å². The van der Waals surface area contributed by atoms with Gasteiger partial charge in [0.2, 0.25) is 5.91 Å². The second-order valence-electron chi connectivity index (χ2n) is 4.82. The molecule has 1 heterocycles. The van der Waals surface area contributed by atoms with E-state index in [2.05, 4.69) is 10.3 Å². The third-order valence-electron chi connectivity index (χ3n) is 3.32. The van der Waals surface area contributed by atoms with E-state index in [0.29, 0.717) is 0 Å². The van der Waals surface area contributed by atoms with Crippen LogP contribution in [-0.4, -0.2) is 16.9 Å². The standard InChI is InChI=1S/C14H19N3OS/c1-4-8(2)13(15)14(18)17-10-5-6-11-12(7-10)19-9(3)16-11/h5-8,13H,4,15H2,1-3H3,(H,17,18). The van der Waals surface area contributed by atoms with E-state index in [1.807, 2.05) is 39.0 Å². The molecule has 0 radical (unpaired) electrons. The number of thiazole rings is 1. The van der Waals surface area contributed by atoms with Crippen LogP contribution in [0, 0.1) is 12.8 Å². The van der Waals surface area contributed by atoms with Gasteiger partial charge in [0.1, 0.15) is 0 Å². The van der Waals surface area contributed by atoms with Crippen LogP contribution in [0.2, 0.25) is 0 Å². The fraction of sp³-hybridized carbons (Fsp3) is 0.429. The van der Waals surface area contributed by atoms with Gasteiger partial charge in [-0.2, -0.15) is 0 Å². The zero-order valence-electron chi connectivity index (χ0n) is 11.4. The molecule has 1 aromatic heterocycles. The summed E-state index contributed by atoms with van der Waals surface area (Å²) in [6.07, 6.45) is 0.891. The number of hydrogen-bond acceptors (Lipinski definition) is 4. The number of aromatic nitrogens is 1. The Balaban J connectivity index is 2.14. The monoisotopic (exact) mass is 277 g/mol. The van der Waals surface area contributed by atoms with Crippen LogP contribution >= 0.6 is 11.3 Å². The summed E-state index contributed by atoms with van der Waals surface area (Å²) in [4.78, 5) is 16.4. The molecule has 102 valence electrons. The van der Waals surface area contributed by atoms with Gasteiger partial charge in [0.05, 0.1) is 21.3 Å². The fourth-order valence-electron chi connectivity index (χ4n) is 1.86. The van der Waals surface area contributed by atoms with Gasteiger partial charge in [-0.3, -0.25) is 4.79 Å². The van der Waals surface area contributed by atoms with Crippen LogP contribution in [-0.2, 0) is 4.79 Å². The highest BCUT2D eigenvalue weighted by molar-refractivity contribution is 7.18. The Hall–Kier alpha value is -1.46. The van der Waals surface area contributed by atoms with Gasteiger partial charge in [-0.25, -0.2) is 4.98 Å². The molecule has 0 spiro atoms. The maximum absolute atomic E-state index is 12.0. The van der Waals surface area contributed by atoms with E-state index in [-0.39, 0.29) is 11.8 Å². The molecule has 0 saturated carbocycles. The predicted molar refractivity (Wildman–Crippen MR) is 80.4 cm³/mol. The van der Waals surface area contributed by atoms with Gasteiger partial charge in [-0.1, -0.05) is 20.3 Å². The molecule has 19 heavy (non-hydrogen) atoms. The lowest BCUT2D eigenvalue weighted by Gasteiger charge is -2.17. The number of fused-ring (bicyclic) bond motifs is 1. The van der Waals surface area contributed by atoms with Gasteiger partial charge in [0.15, 0.2) is 0 Å². The van der Waals surface area contributed by atoms with Crippen molar-refractivity contribution in [3.63, 3.8) is 0 Å². The van der Waals surface area contributed by atoms with Crippen LogP contribution in [0.1, 0.15) is 25.3 Å². The summed E-state index contributed by atoms with van der Waals surface area (Å²) in [5.41, 5.74) is 7.66. The minimum atomic E-state index is -0.469. The van der Waals surface area contributed by atoms with Crippen LogP contribution in [0.15, 0.2) is 18.2 Å². The molecule has 3 N–H and O–H groups in total. The van der Waals surface area contributed by atoms with Crippen LogP contribution in [0.4, 0.5) is 5.69 Å². The van der Waals surface area contributed by atoms with E-state index in [1.54, 1.807) is 11.3 Å². The Morgan fingerprint density at radius 1 is 1.53 bits per heavy atom. The molecule has 2 aromatic rings. The van der Waals surface area contributed by atoms with E-state index >= 15 is 0 Å². The Morgan fingerprint density at radius 3 is 2.95 bits per heavy atom. The van der Waals surface area contributed by atoms with E-state index in [0.717, 1.165) is 27.3 Å². The Kier molecular flexibility index (Phi) is 4.17. The number of nitrogens with one attached hydrogen (secondary N) is 1. The SMILES string of the molecule is CCC(C)C(N)C(=O)Nc1ccc2nc(C)sc2c1. The Morgan fingerprint density at radius 2 is 2.26 bits per heavy atom. The minimum absolute atomic E-state index is 0.130. The molecule has 4 nitrogen and oxygen atoms in total. The maximum atomic E-state index is 12.0. The minimum Gasteiger partial charge on any atom is -0.325 e. The average molecular weight is 277 g/mol. The van der Waals surface area contributed by atoms with Crippen molar-refractivity contribution in [2.45, 2.75) is 33.2 Å². The highest BCUT2D eigenvalue weighted by Gasteiger charge is 2.19. The number of amides is 1. The van der Waals surface area contributed by atoms with Crippen LogP contribution in [0.5, 0.6) is 0 Å². The van der Waals surface area contributed by atoms with Crippen molar-refractivity contribution < 1.29 is 4.79 Å². The van der Waals surface area contributed by atoms with Crippen molar-refractivity contribution in [1.82, 2.24) is 4.98 Å². The maximum Gasteiger partial charge on any atom is 0.241 e. The second kappa shape index (κ2) is 5.67. The largest absolute Gasteiger partial charge is 0.325 e. The molecule has 2 atom stereocenters. The van der Waals surface area contributed by atoms with Crippen LogP contribution in [0.25, 0.3) is 10.2 Å². The lowest BCUT2D eigenvalue weighted by Crippen LogP contribution is -2.40. The lowest BCUT2D eigenvalue weighted by atomic mass is 9.99. The average Bonchev–Trinajstić information content (AvgIpc) is 2.76. The highest BCUT2D eigenvalue weighted by Crippen LogP contribution is 2.24. The first kappa shape index (κ1) is 14.0. The first-order valence-electron chi connectivity index (χ1n) is 6.45. The molecule has 2 rings (SSSR count). The Bertz CT molecular complexity index is 593. The summed E-state index contributed by atoms with van der Waals surface area (Å²) in [6, 6.07) is 5.26. The number of anilines is 1. The van der Waals surface area contributed by atoms with E-state index in [1.165, 1.54) is 0 Å². The number of rotatable bonds is 4. The third kappa shape index (κ3) is 3.11. The summed E-state index contributed by atoms with van der Waals surface area (Å²) >= 11 is 1.62. The zero-order chi connectivity index (χ0) is 14.0. The van der Waals surface area contributed by atoms with Gasteiger partial charge >= 0.3 is 0 Å².